The fourth-order valence-electron chi connectivity index (χ4n) is 4.35. The van der Waals surface area contributed by atoms with Gasteiger partial charge in [-0.15, -0.1) is 0 Å². The van der Waals surface area contributed by atoms with Gasteiger partial charge in [-0.3, -0.25) is 9.59 Å². The SMILES string of the molecule is COc1ccc(C(=O)Nc2ccc(N3CCN(C(=O)c4cc5ccccc5o4)CC3)cc2)c(OC)c1. The summed E-state index contributed by atoms with van der Waals surface area (Å²) in [6, 6.07) is 22.2. The third-order valence-corrected chi connectivity index (χ3v) is 6.35. The van der Waals surface area contributed by atoms with Gasteiger partial charge >= 0.3 is 0 Å². The van der Waals surface area contributed by atoms with Gasteiger partial charge in [-0.2, -0.15) is 0 Å². The van der Waals surface area contributed by atoms with E-state index >= 15 is 0 Å². The maximum absolute atomic E-state index is 12.9. The quantitative estimate of drug-likeness (QED) is 0.428. The number of methoxy groups -OCH3 is 2. The lowest BCUT2D eigenvalue weighted by Gasteiger charge is -2.35. The molecule has 184 valence electrons. The van der Waals surface area contributed by atoms with E-state index in [2.05, 4.69) is 10.2 Å². The molecule has 1 aromatic heterocycles. The summed E-state index contributed by atoms with van der Waals surface area (Å²) >= 11 is 0. The van der Waals surface area contributed by atoms with E-state index in [0.29, 0.717) is 54.7 Å². The molecule has 2 heterocycles. The van der Waals surface area contributed by atoms with Gasteiger partial charge in [-0.25, -0.2) is 0 Å². The van der Waals surface area contributed by atoms with Crippen LogP contribution in [0, 0.1) is 0 Å². The van der Waals surface area contributed by atoms with Crippen molar-refractivity contribution < 1.29 is 23.5 Å². The Labute approximate surface area is 209 Å². The van der Waals surface area contributed by atoms with Crippen LogP contribution in [0.15, 0.2) is 77.2 Å². The van der Waals surface area contributed by atoms with Gasteiger partial charge < -0.3 is 29.0 Å². The molecule has 0 bridgehead atoms. The molecule has 0 radical (unpaired) electrons. The van der Waals surface area contributed by atoms with Crippen LogP contribution in [0.2, 0.25) is 0 Å². The number of nitrogens with one attached hydrogen (secondary N) is 1. The van der Waals surface area contributed by atoms with Crippen LogP contribution in [0.4, 0.5) is 11.4 Å². The van der Waals surface area contributed by atoms with Crippen molar-refractivity contribution in [3.8, 4) is 11.5 Å². The zero-order chi connectivity index (χ0) is 25.1. The van der Waals surface area contributed by atoms with Gasteiger partial charge in [0, 0.05) is 49.0 Å². The van der Waals surface area contributed by atoms with Crippen molar-refractivity contribution in [2.45, 2.75) is 0 Å². The topological polar surface area (TPSA) is 84.3 Å². The average Bonchev–Trinajstić information content (AvgIpc) is 3.37. The summed E-state index contributed by atoms with van der Waals surface area (Å²) in [7, 11) is 3.08. The molecule has 1 N–H and O–H groups in total. The molecule has 1 saturated heterocycles. The molecule has 2 amide bonds. The Morgan fingerprint density at radius 3 is 2.31 bits per heavy atom. The first-order chi connectivity index (χ1) is 17.6. The molecule has 3 aromatic carbocycles. The molecule has 8 nitrogen and oxygen atoms in total. The van der Waals surface area contributed by atoms with Gasteiger partial charge in [0.05, 0.1) is 19.8 Å². The molecule has 0 unspecified atom stereocenters. The molecule has 0 spiro atoms. The van der Waals surface area contributed by atoms with E-state index in [1.165, 1.54) is 7.11 Å². The molecule has 8 heteroatoms. The van der Waals surface area contributed by atoms with E-state index in [9.17, 15) is 9.59 Å². The summed E-state index contributed by atoms with van der Waals surface area (Å²) in [6.45, 7) is 2.62. The fourth-order valence-corrected chi connectivity index (χ4v) is 4.35. The van der Waals surface area contributed by atoms with Gasteiger partial charge in [0.25, 0.3) is 11.8 Å². The molecule has 1 aliphatic rings. The fraction of sp³-hybridized carbons (Fsp3) is 0.214. The highest BCUT2D eigenvalue weighted by molar-refractivity contribution is 6.06. The molecule has 4 aromatic rings. The smallest absolute Gasteiger partial charge is 0.289 e. The second-order valence-electron chi connectivity index (χ2n) is 8.49. The number of carbonyl (C=O) groups excluding carboxylic acids is 2. The third kappa shape index (κ3) is 4.70. The number of para-hydroxylation sites is 1. The lowest BCUT2D eigenvalue weighted by atomic mass is 10.1. The molecule has 0 saturated carbocycles. The zero-order valence-electron chi connectivity index (χ0n) is 20.2. The average molecular weight is 486 g/mol. The zero-order valence-corrected chi connectivity index (χ0v) is 20.2. The highest BCUT2D eigenvalue weighted by atomic mass is 16.5. The number of piperazine rings is 1. The van der Waals surface area contributed by atoms with Crippen LogP contribution in [0.1, 0.15) is 20.9 Å². The Morgan fingerprint density at radius 1 is 0.861 bits per heavy atom. The third-order valence-electron chi connectivity index (χ3n) is 6.35. The Bertz CT molecular complexity index is 1360. The van der Waals surface area contributed by atoms with Crippen molar-refractivity contribution in [1.82, 2.24) is 4.90 Å². The second kappa shape index (κ2) is 10.0. The number of furan rings is 1. The van der Waals surface area contributed by atoms with Crippen LogP contribution in [-0.2, 0) is 0 Å². The summed E-state index contributed by atoms with van der Waals surface area (Å²) < 4.78 is 16.3. The number of nitrogens with zero attached hydrogens (tertiary/aromatic N) is 2. The number of hydrogen-bond acceptors (Lipinski definition) is 6. The monoisotopic (exact) mass is 485 g/mol. The first kappa shape index (κ1) is 23.3. The van der Waals surface area contributed by atoms with Crippen LogP contribution in [-0.4, -0.2) is 57.1 Å². The van der Waals surface area contributed by atoms with Gasteiger partial charge in [0.1, 0.15) is 17.1 Å². The lowest BCUT2D eigenvalue weighted by Crippen LogP contribution is -2.48. The van der Waals surface area contributed by atoms with Crippen molar-refractivity contribution in [1.29, 1.82) is 0 Å². The molecule has 0 atom stereocenters. The van der Waals surface area contributed by atoms with Crippen molar-refractivity contribution in [2.75, 3.05) is 50.6 Å². The van der Waals surface area contributed by atoms with Gasteiger partial charge in [0.2, 0.25) is 0 Å². The van der Waals surface area contributed by atoms with Gasteiger partial charge in [-0.1, -0.05) is 18.2 Å². The van der Waals surface area contributed by atoms with Crippen LogP contribution in [0.3, 0.4) is 0 Å². The molecule has 36 heavy (non-hydrogen) atoms. The van der Waals surface area contributed by atoms with E-state index in [1.54, 1.807) is 31.4 Å². The van der Waals surface area contributed by atoms with Crippen molar-refractivity contribution in [3.63, 3.8) is 0 Å². The Hall–Kier alpha value is -4.46. The summed E-state index contributed by atoms with van der Waals surface area (Å²) in [6.07, 6.45) is 0. The van der Waals surface area contributed by atoms with Gasteiger partial charge in [-0.05, 0) is 48.5 Å². The van der Waals surface area contributed by atoms with Crippen molar-refractivity contribution in [2.24, 2.45) is 0 Å². The van der Waals surface area contributed by atoms with Crippen LogP contribution in [0.25, 0.3) is 11.0 Å². The summed E-state index contributed by atoms with van der Waals surface area (Å²) in [5, 5.41) is 3.84. The van der Waals surface area contributed by atoms with E-state index in [-0.39, 0.29) is 11.8 Å². The van der Waals surface area contributed by atoms with Gasteiger partial charge in [0.15, 0.2) is 5.76 Å². The number of benzene rings is 3. The maximum Gasteiger partial charge on any atom is 0.289 e. The van der Waals surface area contributed by atoms with Crippen molar-refractivity contribution >= 4 is 34.2 Å². The van der Waals surface area contributed by atoms with Crippen LogP contribution < -0.4 is 19.7 Å². The predicted molar refractivity (Wildman–Crippen MR) is 138 cm³/mol. The standard InChI is InChI=1S/C28H27N3O5/c1-34-22-11-12-23(25(18-22)35-2)27(32)29-20-7-9-21(10-8-20)30-13-15-31(16-14-30)28(33)26-17-19-5-3-4-6-24(19)36-26/h3-12,17-18H,13-16H2,1-2H3,(H,29,32). The number of ether oxygens (including phenoxy) is 2. The summed E-state index contributed by atoms with van der Waals surface area (Å²) in [5.41, 5.74) is 2.86. The minimum atomic E-state index is -0.264. The van der Waals surface area contributed by atoms with Crippen molar-refractivity contribution in [3.05, 3.63) is 84.1 Å². The van der Waals surface area contributed by atoms with Crippen LogP contribution in [0.5, 0.6) is 11.5 Å². The van der Waals surface area contributed by atoms with E-state index in [1.807, 2.05) is 53.4 Å². The first-order valence-electron chi connectivity index (χ1n) is 11.7. The molecular formula is C28H27N3O5. The molecular weight excluding hydrogens is 458 g/mol. The minimum absolute atomic E-state index is 0.0853. The molecule has 5 rings (SSSR count). The van der Waals surface area contributed by atoms with E-state index in [0.717, 1.165) is 16.7 Å². The number of amides is 2. The Morgan fingerprint density at radius 2 is 1.61 bits per heavy atom. The lowest BCUT2D eigenvalue weighted by molar-refractivity contribution is 0.0717. The number of fused-ring (bicyclic) bond motifs is 1. The number of carbonyl (C=O) groups is 2. The largest absolute Gasteiger partial charge is 0.497 e. The number of rotatable bonds is 6. The summed E-state index contributed by atoms with van der Waals surface area (Å²) in [4.78, 5) is 29.7. The summed E-state index contributed by atoms with van der Waals surface area (Å²) in [5.74, 6) is 1.08. The number of anilines is 2. The first-order valence-corrected chi connectivity index (χ1v) is 11.7. The Balaban J connectivity index is 1.19. The second-order valence-corrected chi connectivity index (χ2v) is 8.49. The highest BCUT2D eigenvalue weighted by Crippen LogP contribution is 2.27. The normalized spacial score (nSPS) is 13.5. The highest BCUT2D eigenvalue weighted by Gasteiger charge is 2.25. The minimum Gasteiger partial charge on any atom is -0.497 e. The van der Waals surface area contributed by atoms with E-state index in [4.69, 9.17) is 13.9 Å². The van der Waals surface area contributed by atoms with E-state index < -0.39 is 0 Å². The number of hydrogen-bond donors (Lipinski definition) is 1. The predicted octanol–water partition coefficient (Wildman–Crippen LogP) is 4.66. The molecule has 1 aliphatic heterocycles. The molecule has 1 fully saturated rings. The van der Waals surface area contributed by atoms with Crippen LogP contribution >= 0.6 is 0 Å². The maximum atomic E-state index is 12.9. The Kier molecular flexibility index (Phi) is 6.49. The molecule has 0 aliphatic carbocycles.